The highest BCUT2D eigenvalue weighted by molar-refractivity contribution is 6.32. The highest BCUT2D eigenvalue weighted by Gasteiger charge is 2.19. The molecular formula is C10H18N2O4. The lowest BCUT2D eigenvalue weighted by Crippen LogP contribution is -2.47. The molecule has 1 fully saturated rings. The van der Waals surface area contributed by atoms with Crippen molar-refractivity contribution in [2.45, 2.75) is 13.0 Å². The zero-order valence-electron chi connectivity index (χ0n) is 9.69. The van der Waals surface area contributed by atoms with Crippen molar-refractivity contribution in [2.24, 2.45) is 0 Å². The molecule has 0 saturated carbocycles. The minimum atomic E-state index is -0.853. The number of hydrogen-bond acceptors (Lipinski definition) is 5. The first-order chi connectivity index (χ1) is 7.63. The number of methoxy groups -OCH3 is 1. The van der Waals surface area contributed by atoms with E-state index >= 15 is 0 Å². The van der Waals surface area contributed by atoms with Gasteiger partial charge >= 0.3 is 11.9 Å². The third kappa shape index (κ3) is 4.16. The van der Waals surface area contributed by atoms with Crippen molar-refractivity contribution >= 4 is 11.9 Å². The van der Waals surface area contributed by atoms with Gasteiger partial charge in [0.1, 0.15) is 0 Å². The van der Waals surface area contributed by atoms with E-state index in [0.29, 0.717) is 6.54 Å². The molecule has 1 N–H and O–H groups in total. The topological polar surface area (TPSA) is 67.9 Å². The Morgan fingerprint density at radius 2 is 2.06 bits per heavy atom. The van der Waals surface area contributed by atoms with Crippen molar-refractivity contribution in [3.05, 3.63) is 0 Å². The van der Waals surface area contributed by atoms with Gasteiger partial charge < -0.3 is 14.8 Å². The maximum absolute atomic E-state index is 11.2. The fraction of sp³-hybridized carbons (Fsp3) is 0.800. The zero-order chi connectivity index (χ0) is 12.0. The highest BCUT2D eigenvalue weighted by Crippen LogP contribution is 1.98. The van der Waals surface area contributed by atoms with Crippen LogP contribution in [-0.4, -0.2) is 62.8 Å². The standard InChI is InChI=1S/C10H18N2O4/c1-8(11-9(13)10(14)15-2)7-12-3-5-16-6-4-12/h8H,3-7H2,1-2H3,(H,11,13). The van der Waals surface area contributed by atoms with Crippen molar-refractivity contribution < 1.29 is 19.1 Å². The predicted octanol–water partition coefficient (Wildman–Crippen LogP) is -1.00. The fourth-order valence-electron chi connectivity index (χ4n) is 1.59. The van der Waals surface area contributed by atoms with Crippen LogP contribution in [0.15, 0.2) is 0 Å². The molecule has 0 aromatic heterocycles. The highest BCUT2D eigenvalue weighted by atomic mass is 16.5. The number of nitrogens with one attached hydrogen (secondary N) is 1. The van der Waals surface area contributed by atoms with Crippen LogP contribution in [-0.2, 0) is 19.1 Å². The Morgan fingerprint density at radius 1 is 1.44 bits per heavy atom. The molecule has 1 aliphatic rings. The summed E-state index contributed by atoms with van der Waals surface area (Å²) in [6, 6.07) is -0.0790. The summed E-state index contributed by atoms with van der Waals surface area (Å²) < 4.78 is 9.53. The minimum Gasteiger partial charge on any atom is -0.462 e. The van der Waals surface area contributed by atoms with Crippen molar-refractivity contribution in [3.8, 4) is 0 Å². The van der Waals surface area contributed by atoms with Crippen LogP contribution in [0.2, 0.25) is 0 Å². The molecule has 0 aromatic rings. The van der Waals surface area contributed by atoms with Gasteiger partial charge in [0.2, 0.25) is 0 Å². The molecule has 1 heterocycles. The summed E-state index contributed by atoms with van der Waals surface area (Å²) in [7, 11) is 1.19. The lowest BCUT2D eigenvalue weighted by atomic mass is 10.3. The summed E-state index contributed by atoms with van der Waals surface area (Å²) >= 11 is 0. The maximum Gasteiger partial charge on any atom is 0.396 e. The minimum absolute atomic E-state index is 0.0790. The van der Waals surface area contributed by atoms with Crippen LogP contribution in [0, 0.1) is 0 Å². The van der Waals surface area contributed by atoms with Gasteiger partial charge in [0, 0.05) is 25.7 Å². The van der Waals surface area contributed by atoms with E-state index in [9.17, 15) is 9.59 Å². The Kier molecular flexibility index (Phi) is 5.21. The van der Waals surface area contributed by atoms with Gasteiger partial charge in [0.15, 0.2) is 0 Å². The van der Waals surface area contributed by atoms with E-state index in [1.807, 2.05) is 6.92 Å². The Hall–Kier alpha value is -1.14. The van der Waals surface area contributed by atoms with Gasteiger partial charge in [-0.2, -0.15) is 0 Å². The van der Waals surface area contributed by atoms with Crippen molar-refractivity contribution in [1.29, 1.82) is 0 Å². The summed E-state index contributed by atoms with van der Waals surface area (Å²) in [6.45, 7) is 5.73. The molecule has 0 radical (unpaired) electrons. The monoisotopic (exact) mass is 230 g/mol. The summed E-state index contributed by atoms with van der Waals surface area (Å²) in [5.41, 5.74) is 0. The SMILES string of the molecule is COC(=O)C(=O)NC(C)CN1CCOCC1. The third-order valence-corrected chi connectivity index (χ3v) is 2.38. The second-order valence-electron chi connectivity index (χ2n) is 3.78. The summed E-state index contributed by atoms with van der Waals surface area (Å²) in [5.74, 6) is -1.54. The van der Waals surface area contributed by atoms with Crippen LogP contribution in [0.4, 0.5) is 0 Å². The Labute approximate surface area is 94.9 Å². The number of esters is 1. The molecule has 0 aliphatic carbocycles. The number of amides is 1. The normalized spacial score (nSPS) is 18.9. The van der Waals surface area contributed by atoms with Crippen LogP contribution in [0.3, 0.4) is 0 Å². The molecule has 1 unspecified atom stereocenters. The van der Waals surface area contributed by atoms with E-state index in [4.69, 9.17) is 4.74 Å². The first-order valence-electron chi connectivity index (χ1n) is 5.32. The molecule has 1 saturated heterocycles. The Bertz CT molecular complexity index is 251. The Morgan fingerprint density at radius 3 is 2.62 bits per heavy atom. The van der Waals surface area contributed by atoms with E-state index < -0.39 is 11.9 Å². The van der Waals surface area contributed by atoms with Crippen LogP contribution < -0.4 is 5.32 Å². The molecule has 16 heavy (non-hydrogen) atoms. The lowest BCUT2D eigenvalue weighted by molar-refractivity contribution is -0.153. The molecule has 1 rings (SSSR count). The molecule has 0 bridgehead atoms. The third-order valence-electron chi connectivity index (χ3n) is 2.38. The molecule has 1 amide bonds. The predicted molar refractivity (Wildman–Crippen MR) is 56.9 cm³/mol. The molecule has 92 valence electrons. The van der Waals surface area contributed by atoms with Crippen LogP contribution in [0.25, 0.3) is 0 Å². The van der Waals surface area contributed by atoms with E-state index in [-0.39, 0.29) is 6.04 Å². The fourth-order valence-corrected chi connectivity index (χ4v) is 1.59. The number of hydrogen-bond donors (Lipinski definition) is 1. The molecule has 6 heteroatoms. The van der Waals surface area contributed by atoms with Gasteiger partial charge in [-0.25, -0.2) is 4.79 Å². The summed E-state index contributed by atoms with van der Waals surface area (Å²) in [6.07, 6.45) is 0. The number of carbonyl (C=O) groups is 2. The number of rotatable bonds is 3. The first-order valence-corrected chi connectivity index (χ1v) is 5.32. The number of nitrogens with zero attached hydrogens (tertiary/aromatic N) is 1. The molecule has 1 atom stereocenters. The molecule has 0 aromatic carbocycles. The van der Waals surface area contributed by atoms with Crippen LogP contribution >= 0.6 is 0 Å². The second-order valence-corrected chi connectivity index (χ2v) is 3.78. The zero-order valence-corrected chi connectivity index (χ0v) is 9.69. The quantitative estimate of drug-likeness (QED) is 0.497. The van der Waals surface area contributed by atoms with Crippen LogP contribution in [0.5, 0.6) is 0 Å². The molecule has 6 nitrogen and oxygen atoms in total. The molecular weight excluding hydrogens is 212 g/mol. The summed E-state index contributed by atoms with van der Waals surface area (Å²) in [5, 5.41) is 2.58. The van der Waals surface area contributed by atoms with Gasteiger partial charge in [-0.1, -0.05) is 0 Å². The van der Waals surface area contributed by atoms with Crippen LogP contribution in [0.1, 0.15) is 6.92 Å². The largest absolute Gasteiger partial charge is 0.462 e. The van der Waals surface area contributed by atoms with Gasteiger partial charge in [0.25, 0.3) is 0 Å². The van der Waals surface area contributed by atoms with E-state index in [1.54, 1.807) is 0 Å². The lowest BCUT2D eigenvalue weighted by Gasteiger charge is -2.29. The second kappa shape index (κ2) is 6.44. The molecule has 0 spiro atoms. The van der Waals surface area contributed by atoms with E-state index in [0.717, 1.165) is 26.3 Å². The van der Waals surface area contributed by atoms with Gasteiger partial charge in [0.05, 0.1) is 20.3 Å². The number of morpholine rings is 1. The smallest absolute Gasteiger partial charge is 0.396 e. The average Bonchev–Trinajstić information content (AvgIpc) is 2.29. The van der Waals surface area contributed by atoms with Gasteiger partial charge in [-0.15, -0.1) is 0 Å². The van der Waals surface area contributed by atoms with Crippen molar-refractivity contribution in [1.82, 2.24) is 10.2 Å². The van der Waals surface area contributed by atoms with E-state index in [2.05, 4.69) is 15.0 Å². The number of ether oxygens (including phenoxy) is 2. The van der Waals surface area contributed by atoms with Gasteiger partial charge in [-0.05, 0) is 6.92 Å². The van der Waals surface area contributed by atoms with Crippen molar-refractivity contribution in [2.75, 3.05) is 40.0 Å². The van der Waals surface area contributed by atoms with E-state index in [1.165, 1.54) is 7.11 Å². The van der Waals surface area contributed by atoms with Crippen molar-refractivity contribution in [3.63, 3.8) is 0 Å². The van der Waals surface area contributed by atoms with Gasteiger partial charge in [-0.3, -0.25) is 9.69 Å². The first kappa shape index (κ1) is 12.9. The Balaban J connectivity index is 2.26. The summed E-state index contributed by atoms with van der Waals surface area (Å²) in [4.78, 5) is 24.3. The molecule has 1 aliphatic heterocycles. The maximum atomic E-state index is 11.2. The average molecular weight is 230 g/mol. The number of carbonyl (C=O) groups excluding carboxylic acids is 2.